The van der Waals surface area contributed by atoms with Crippen molar-refractivity contribution in [2.75, 3.05) is 0 Å². The molecule has 1 amide bonds. The molecule has 0 saturated carbocycles. The van der Waals surface area contributed by atoms with E-state index in [0.29, 0.717) is 12.0 Å². The number of nitrogens with one attached hydrogen (secondary N) is 1. The third-order valence-electron chi connectivity index (χ3n) is 4.34. The quantitative estimate of drug-likeness (QED) is 0.357. The first kappa shape index (κ1) is 19.0. The van der Waals surface area contributed by atoms with Crippen molar-refractivity contribution in [3.8, 4) is 5.75 Å². The minimum absolute atomic E-state index is 0.0791. The maximum Gasteiger partial charge on any atom is 0.240 e. The molecule has 0 bridgehead atoms. The molecular weight excluding hydrogens is 312 g/mol. The van der Waals surface area contributed by atoms with E-state index < -0.39 is 0 Å². The van der Waals surface area contributed by atoms with Crippen LogP contribution in [-0.2, 0) is 4.79 Å². The molecule has 0 atom stereocenters. The predicted octanol–water partition coefficient (Wildman–Crippen LogP) is 5.14. The van der Waals surface area contributed by atoms with Gasteiger partial charge < -0.3 is 5.11 Å². The highest BCUT2D eigenvalue weighted by molar-refractivity contribution is 6.02. The lowest BCUT2D eigenvalue weighted by molar-refractivity contribution is -0.121. The number of hydrogen-bond donors (Lipinski definition) is 2. The Labute approximate surface area is 149 Å². The van der Waals surface area contributed by atoms with E-state index in [1.165, 1.54) is 38.3 Å². The summed E-state index contributed by atoms with van der Waals surface area (Å²) in [4.78, 5) is 11.8. The molecule has 0 fully saturated rings. The highest BCUT2D eigenvalue weighted by Crippen LogP contribution is 2.25. The largest absolute Gasteiger partial charge is 0.507 e. The zero-order valence-electron chi connectivity index (χ0n) is 15.0. The molecule has 0 aliphatic heterocycles. The lowest BCUT2D eigenvalue weighted by Gasteiger charge is -2.05. The summed E-state index contributed by atoms with van der Waals surface area (Å²) < 4.78 is 0. The van der Waals surface area contributed by atoms with Crippen LogP contribution in [0, 0.1) is 0 Å². The molecule has 0 aliphatic rings. The van der Waals surface area contributed by atoms with Crippen LogP contribution in [0.4, 0.5) is 0 Å². The molecule has 0 unspecified atom stereocenters. The van der Waals surface area contributed by atoms with Gasteiger partial charge in [0.2, 0.25) is 5.91 Å². The fourth-order valence-electron chi connectivity index (χ4n) is 2.89. The molecule has 4 heteroatoms. The van der Waals surface area contributed by atoms with Gasteiger partial charge in [-0.15, -0.1) is 0 Å². The molecule has 0 aromatic heterocycles. The third kappa shape index (κ3) is 6.22. The first-order chi connectivity index (χ1) is 12.2. The Morgan fingerprint density at radius 2 is 1.76 bits per heavy atom. The highest BCUT2D eigenvalue weighted by atomic mass is 16.3. The van der Waals surface area contributed by atoms with Crippen molar-refractivity contribution in [2.24, 2.45) is 5.10 Å². The van der Waals surface area contributed by atoms with E-state index in [0.717, 1.165) is 23.6 Å². The molecule has 134 valence electrons. The molecule has 4 nitrogen and oxygen atoms in total. The maximum absolute atomic E-state index is 11.8. The van der Waals surface area contributed by atoms with Gasteiger partial charge in [-0.05, 0) is 23.3 Å². The summed E-state index contributed by atoms with van der Waals surface area (Å²) in [5.74, 6) is 0.0771. The second-order valence-corrected chi connectivity index (χ2v) is 6.38. The van der Waals surface area contributed by atoms with Crippen LogP contribution in [0.15, 0.2) is 41.5 Å². The number of aromatic hydroxyl groups is 1. The van der Waals surface area contributed by atoms with Crippen LogP contribution in [-0.4, -0.2) is 17.2 Å². The van der Waals surface area contributed by atoms with Crippen LogP contribution in [0.1, 0.15) is 63.9 Å². The smallest absolute Gasteiger partial charge is 0.240 e. The molecule has 0 radical (unpaired) electrons. The summed E-state index contributed by atoms with van der Waals surface area (Å²) in [5.41, 5.74) is 3.17. The normalized spacial score (nSPS) is 11.2. The number of benzene rings is 2. The number of unbranched alkanes of at least 4 members (excludes halogenated alkanes) is 6. The summed E-state index contributed by atoms with van der Waals surface area (Å²) in [5, 5.41) is 16.0. The van der Waals surface area contributed by atoms with Gasteiger partial charge in [0.1, 0.15) is 5.75 Å². The van der Waals surface area contributed by atoms with Gasteiger partial charge in [-0.3, -0.25) is 4.79 Å². The van der Waals surface area contributed by atoms with E-state index in [2.05, 4.69) is 17.5 Å². The van der Waals surface area contributed by atoms with Crippen LogP contribution in [0.25, 0.3) is 10.8 Å². The van der Waals surface area contributed by atoms with Gasteiger partial charge in [-0.2, -0.15) is 5.10 Å². The fourth-order valence-corrected chi connectivity index (χ4v) is 2.89. The van der Waals surface area contributed by atoms with Crippen molar-refractivity contribution in [1.29, 1.82) is 0 Å². The van der Waals surface area contributed by atoms with Gasteiger partial charge in [0, 0.05) is 12.0 Å². The molecule has 0 saturated heterocycles. The SMILES string of the molecule is CCCCCCCCCC(=O)N/N=C\c1c(O)ccc2ccccc12. The highest BCUT2D eigenvalue weighted by Gasteiger charge is 2.05. The van der Waals surface area contributed by atoms with Crippen molar-refractivity contribution in [3.05, 3.63) is 42.0 Å². The minimum Gasteiger partial charge on any atom is -0.507 e. The average molecular weight is 340 g/mol. The summed E-state index contributed by atoms with van der Waals surface area (Å²) in [6, 6.07) is 11.3. The van der Waals surface area contributed by atoms with E-state index in [4.69, 9.17) is 0 Å². The Kier molecular flexibility index (Phi) is 7.96. The molecular formula is C21H28N2O2. The van der Waals surface area contributed by atoms with Crippen molar-refractivity contribution >= 4 is 22.9 Å². The predicted molar refractivity (Wildman–Crippen MR) is 104 cm³/mol. The number of fused-ring (bicyclic) bond motifs is 1. The number of phenolic OH excluding ortho intramolecular Hbond substituents is 1. The van der Waals surface area contributed by atoms with Crippen LogP contribution in [0.5, 0.6) is 5.75 Å². The number of hydrogen-bond acceptors (Lipinski definition) is 3. The Morgan fingerprint density at radius 1 is 1.04 bits per heavy atom. The van der Waals surface area contributed by atoms with E-state index in [-0.39, 0.29) is 11.7 Å². The first-order valence-corrected chi connectivity index (χ1v) is 9.25. The molecule has 2 N–H and O–H groups in total. The Balaban J connectivity index is 1.77. The molecule has 0 heterocycles. The first-order valence-electron chi connectivity index (χ1n) is 9.25. The van der Waals surface area contributed by atoms with E-state index in [9.17, 15) is 9.90 Å². The second-order valence-electron chi connectivity index (χ2n) is 6.38. The average Bonchev–Trinajstić information content (AvgIpc) is 2.63. The Morgan fingerprint density at radius 3 is 2.56 bits per heavy atom. The van der Waals surface area contributed by atoms with Crippen molar-refractivity contribution < 1.29 is 9.90 Å². The minimum atomic E-state index is -0.0791. The zero-order valence-corrected chi connectivity index (χ0v) is 15.0. The monoisotopic (exact) mass is 340 g/mol. The van der Waals surface area contributed by atoms with Crippen LogP contribution in [0.3, 0.4) is 0 Å². The summed E-state index contributed by atoms with van der Waals surface area (Å²) in [7, 11) is 0. The number of carbonyl (C=O) groups is 1. The molecule has 2 rings (SSSR count). The molecule has 0 spiro atoms. The Bertz CT molecular complexity index is 710. The van der Waals surface area contributed by atoms with Crippen LogP contribution in [0.2, 0.25) is 0 Å². The number of nitrogens with zero attached hydrogens (tertiary/aromatic N) is 1. The standard InChI is InChI=1S/C21H28N2O2/c1-2-3-4-5-6-7-8-13-21(25)23-22-16-19-18-12-10-9-11-17(18)14-15-20(19)24/h9-12,14-16,24H,2-8,13H2,1H3,(H,23,25)/b22-16-. The number of amides is 1. The van der Waals surface area contributed by atoms with E-state index in [1.807, 2.05) is 30.3 Å². The third-order valence-corrected chi connectivity index (χ3v) is 4.34. The maximum atomic E-state index is 11.8. The lowest BCUT2D eigenvalue weighted by atomic mass is 10.0. The lowest BCUT2D eigenvalue weighted by Crippen LogP contribution is -2.16. The molecule has 2 aromatic rings. The van der Waals surface area contributed by atoms with Crippen molar-refractivity contribution in [3.63, 3.8) is 0 Å². The number of carbonyl (C=O) groups excluding carboxylic acids is 1. The number of hydrazone groups is 1. The van der Waals surface area contributed by atoms with E-state index in [1.54, 1.807) is 6.07 Å². The van der Waals surface area contributed by atoms with Crippen molar-refractivity contribution in [1.82, 2.24) is 5.43 Å². The molecule has 0 aliphatic carbocycles. The number of phenols is 1. The van der Waals surface area contributed by atoms with Gasteiger partial charge in [-0.25, -0.2) is 5.43 Å². The zero-order chi connectivity index (χ0) is 17.9. The number of rotatable bonds is 10. The topological polar surface area (TPSA) is 61.7 Å². The molecule has 25 heavy (non-hydrogen) atoms. The summed E-state index contributed by atoms with van der Waals surface area (Å²) >= 11 is 0. The van der Waals surface area contributed by atoms with Gasteiger partial charge in [-0.1, -0.05) is 75.8 Å². The Hall–Kier alpha value is -2.36. The second kappa shape index (κ2) is 10.5. The van der Waals surface area contributed by atoms with Crippen molar-refractivity contribution in [2.45, 2.75) is 58.3 Å². The molecule has 2 aromatic carbocycles. The van der Waals surface area contributed by atoms with Gasteiger partial charge in [0.15, 0.2) is 0 Å². The van der Waals surface area contributed by atoms with E-state index >= 15 is 0 Å². The van der Waals surface area contributed by atoms with Gasteiger partial charge in [0.05, 0.1) is 6.21 Å². The summed E-state index contributed by atoms with van der Waals surface area (Å²) in [6.07, 6.45) is 10.3. The van der Waals surface area contributed by atoms with Crippen LogP contribution < -0.4 is 5.43 Å². The fraction of sp³-hybridized carbons (Fsp3) is 0.429. The van der Waals surface area contributed by atoms with Gasteiger partial charge >= 0.3 is 0 Å². The van der Waals surface area contributed by atoms with Gasteiger partial charge in [0.25, 0.3) is 0 Å². The summed E-state index contributed by atoms with van der Waals surface area (Å²) in [6.45, 7) is 2.21. The van der Waals surface area contributed by atoms with Crippen LogP contribution >= 0.6 is 0 Å².